The van der Waals surface area contributed by atoms with Crippen LogP contribution in [0.4, 0.5) is 0 Å². The van der Waals surface area contributed by atoms with E-state index in [1.54, 1.807) is 0 Å². The third-order valence-electron chi connectivity index (χ3n) is 2.80. The second-order valence-electron chi connectivity index (χ2n) is 4.47. The molecule has 1 rings (SSSR count). The van der Waals surface area contributed by atoms with E-state index < -0.39 is 0 Å². The number of aryl methyl sites for hydroxylation is 1. The third kappa shape index (κ3) is 7.07. The van der Waals surface area contributed by atoms with E-state index >= 15 is 0 Å². The topological polar surface area (TPSA) is 41.1 Å². The molecule has 100 valence electrons. The Hall–Kier alpha value is -1.35. The van der Waals surface area contributed by atoms with E-state index in [0.29, 0.717) is 6.54 Å². The maximum atomic E-state index is 11.4. The fraction of sp³-hybridized carbons (Fsp3) is 0.533. The minimum Gasteiger partial charge on any atom is -0.355 e. The average Bonchev–Trinajstić information content (AvgIpc) is 2.40. The Morgan fingerprint density at radius 2 is 1.89 bits per heavy atom. The van der Waals surface area contributed by atoms with Gasteiger partial charge >= 0.3 is 0 Å². The van der Waals surface area contributed by atoms with Crippen LogP contribution in [0.2, 0.25) is 0 Å². The van der Waals surface area contributed by atoms with Crippen LogP contribution in [0.25, 0.3) is 0 Å². The normalized spacial score (nSPS) is 10.3. The number of carbonyl (C=O) groups excluding carboxylic acids is 1. The van der Waals surface area contributed by atoms with E-state index in [2.05, 4.69) is 41.8 Å². The van der Waals surface area contributed by atoms with Crippen LogP contribution in [0, 0.1) is 0 Å². The quantitative estimate of drug-likeness (QED) is 0.657. The molecule has 0 bridgehead atoms. The number of unbranched alkanes of at least 4 members (excludes halogenated alkanes) is 1. The molecule has 0 heterocycles. The largest absolute Gasteiger partial charge is 0.355 e. The first-order chi connectivity index (χ1) is 8.83. The molecule has 0 atom stereocenters. The Kier molecular flexibility index (Phi) is 7.89. The van der Waals surface area contributed by atoms with Gasteiger partial charge < -0.3 is 10.6 Å². The molecule has 1 aromatic carbocycles. The lowest BCUT2D eigenvalue weighted by molar-refractivity contribution is -0.120. The van der Waals surface area contributed by atoms with Crippen molar-refractivity contribution in [2.45, 2.75) is 32.6 Å². The number of hydrogen-bond acceptors (Lipinski definition) is 2. The lowest BCUT2D eigenvalue weighted by Crippen LogP contribution is -2.34. The van der Waals surface area contributed by atoms with E-state index in [1.807, 2.05) is 6.07 Å². The maximum absolute atomic E-state index is 11.4. The van der Waals surface area contributed by atoms with Gasteiger partial charge in [0.25, 0.3) is 0 Å². The maximum Gasteiger partial charge on any atom is 0.233 e. The van der Waals surface area contributed by atoms with Crippen LogP contribution < -0.4 is 10.6 Å². The van der Waals surface area contributed by atoms with Crippen LogP contribution in [-0.2, 0) is 11.2 Å². The molecule has 0 radical (unpaired) electrons. The number of nitrogens with one attached hydrogen (secondary N) is 2. The Morgan fingerprint density at radius 3 is 2.61 bits per heavy atom. The molecule has 3 heteroatoms. The van der Waals surface area contributed by atoms with Crippen molar-refractivity contribution >= 4 is 5.91 Å². The fourth-order valence-electron chi connectivity index (χ4n) is 1.73. The SMILES string of the molecule is CCCCNC(=O)CNCCCc1ccccc1. The lowest BCUT2D eigenvalue weighted by Gasteiger charge is -2.06. The van der Waals surface area contributed by atoms with Crippen molar-refractivity contribution in [3.8, 4) is 0 Å². The lowest BCUT2D eigenvalue weighted by atomic mass is 10.1. The highest BCUT2D eigenvalue weighted by molar-refractivity contribution is 5.77. The molecular formula is C15H24N2O. The van der Waals surface area contributed by atoms with Gasteiger partial charge in [0.1, 0.15) is 0 Å². The number of benzene rings is 1. The van der Waals surface area contributed by atoms with Crippen molar-refractivity contribution in [3.05, 3.63) is 35.9 Å². The second-order valence-corrected chi connectivity index (χ2v) is 4.47. The molecule has 0 aromatic heterocycles. The summed E-state index contributed by atoms with van der Waals surface area (Å²) in [5.74, 6) is 0.100. The van der Waals surface area contributed by atoms with Gasteiger partial charge in [-0.2, -0.15) is 0 Å². The van der Waals surface area contributed by atoms with E-state index in [-0.39, 0.29) is 5.91 Å². The van der Waals surface area contributed by atoms with Gasteiger partial charge in [0.15, 0.2) is 0 Å². The smallest absolute Gasteiger partial charge is 0.233 e. The summed E-state index contributed by atoms with van der Waals surface area (Å²) in [6, 6.07) is 10.4. The Balaban J connectivity index is 1.97. The second kappa shape index (κ2) is 9.66. The molecule has 0 saturated heterocycles. The Bertz CT molecular complexity index is 325. The van der Waals surface area contributed by atoms with Gasteiger partial charge in [-0.1, -0.05) is 43.7 Å². The molecule has 0 fully saturated rings. The summed E-state index contributed by atoms with van der Waals surface area (Å²) < 4.78 is 0. The van der Waals surface area contributed by atoms with Gasteiger partial charge in [-0.15, -0.1) is 0 Å². The van der Waals surface area contributed by atoms with Crippen molar-refractivity contribution in [1.29, 1.82) is 0 Å². The van der Waals surface area contributed by atoms with E-state index in [1.165, 1.54) is 5.56 Å². The van der Waals surface area contributed by atoms with E-state index in [9.17, 15) is 4.79 Å². The minimum absolute atomic E-state index is 0.100. The minimum atomic E-state index is 0.100. The zero-order chi connectivity index (χ0) is 13.1. The van der Waals surface area contributed by atoms with Crippen LogP contribution >= 0.6 is 0 Å². The molecule has 0 aliphatic heterocycles. The molecular weight excluding hydrogens is 224 g/mol. The summed E-state index contributed by atoms with van der Waals surface area (Å²) in [7, 11) is 0. The molecule has 0 unspecified atom stereocenters. The predicted molar refractivity (Wildman–Crippen MR) is 75.6 cm³/mol. The standard InChI is InChI=1S/C15H24N2O/c1-2-3-12-17-15(18)13-16-11-7-10-14-8-5-4-6-9-14/h4-6,8-9,16H,2-3,7,10-13H2,1H3,(H,17,18). The van der Waals surface area contributed by atoms with E-state index in [4.69, 9.17) is 0 Å². The summed E-state index contributed by atoms with van der Waals surface area (Å²) in [5, 5.41) is 6.06. The zero-order valence-electron chi connectivity index (χ0n) is 11.2. The van der Waals surface area contributed by atoms with Crippen LogP contribution in [0.3, 0.4) is 0 Å². The van der Waals surface area contributed by atoms with Gasteiger partial charge in [0.2, 0.25) is 5.91 Å². The molecule has 0 spiro atoms. The van der Waals surface area contributed by atoms with Gasteiger partial charge in [0.05, 0.1) is 6.54 Å². The van der Waals surface area contributed by atoms with Crippen LogP contribution in [-0.4, -0.2) is 25.5 Å². The summed E-state index contributed by atoms with van der Waals surface area (Å²) in [6.45, 7) is 4.23. The highest BCUT2D eigenvalue weighted by Crippen LogP contribution is 2.01. The Labute approximate surface area is 110 Å². The van der Waals surface area contributed by atoms with Crippen molar-refractivity contribution in [1.82, 2.24) is 10.6 Å². The summed E-state index contributed by atoms with van der Waals surface area (Å²) in [5.41, 5.74) is 1.35. The third-order valence-corrected chi connectivity index (χ3v) is 2.80. The molecule has 3 nitrogen and oxygen atoms in total. The number of rotatable bonds is 9. The highest BCUT2D eigenvalue weighted by atomic mass is 16.1. The van der Waals surface area contributed by atoms with Crippen molar-refractivity contribution in [2.24, 2.45) is 0 Å². The monoisotopic (exact) mass is 248 g/mol. The highest BCUT2D eigenvalue weighted by Gasteiger charge is 1.98. The number of amides is 1. The summed E-state index contributed by atoms with van der Waals surface area (Å²) in [4.78, 5) is 11.4. The predicted octanol–water partition coefficient (Wildman–Crippen LogP) is 2.13. The molecule has 0 saturated carbocycles. The molecule has 2 N–H and O–H groups in total. The van der Waals surface area contributed by atoms with Crippen molar-refractivity contribution in [2.75, 3.05) is 19.6 Å². The average molecular weight is 248 g/mol. The van der Waals surface area contributed by atoms with Gasteiger partial charge in [-0.25, -0.2) is 0 Å². The number of hydrogen-bond donors (Lipinski definition) is 2. The van der Waals surface area contributed by atoms with Gasteiger partial charge in [-0.3, -0.25) is 4.79 Å². The van der Waals surface area contributed by atoms with Crippen LogP contribution in [0.5, 0.6) is 0 Å². The van der Waals surface area contributed by atoms with Gasteiger partial charge in [-0.05, 0) is 31.4 Å². The molecule has 0 aliphatic rings. The van der Waals surface area contributed by atoms with E-state index in [0.717, 1.165) is 38.8 Å². The molecule has 1 amide bonds. The first-order valence-electron chi connectivity index (χ1n) is 6.84. The van der Waals surface area contributed by atoms with Crippen molar-refractivity contribution in [3.63, 3.8) is 0 Å². The summed E-state index contributed by atoms with van der Waals surface area (Å²) >= 11 is 0. The van der Waals surface area contributed by atoms with Gasteiger partial charge in [0, 0.05) is 6.54 Å². The Morgan fingerprint density at radius 1 is 1.11 bits per heavy atom. The van der Waals surface area contributed by atoms with Crippen molar-refractivity contribution < 1.29 is 4.79 Å². The van der Waals surface area contributed by atoms with Crippen LogP contribution in [0.1, 0.15) is 31.7 Å². The first kappa shape index (κ1) is 14.7. The number of carbonyl (C=O) groups is 1. The molecule has 0 aliphatic carbocycles. The zero-order valence-corrected chi connectivity index (χ0v) is 11.2. The molecule has 18 heavy (non-hydrogen) atoms. The summed E-state index contributed by atoms with van der Waals surface area (Å²) in [6.07, 6.45) is 4.29. The molecule has 1 aromatic rings. The van der Waals surface area contributed by atoms with Crippen LogP contribution in [0.15, 0.2) is 30.3 Å². The fourth-order valence-corrected chi connectivity index (χ4v) is 1.73. The first-order valence-corrected chi connectivity index (χ1v) is 6.84.